The number of guanidine groups is 1. The molecule has 1 heterocycles. The second kappa shape index (κ2) is 12.4. The van der Waals surface area contributed by atoms with Gasteiger partial charge in [0.05, 0.1) is 6.10 Å². The first-order chi connectivity index (χ1) is 11.7. The van der Waals surface area contributed by atoms with Crippen LogP contribution in [0.1, 0.15) is 24.8 Å². The quantitative estimate of drug-likeness (QED) is 0.291. The highest BCUT2D eigenvalue weighted by Crippen LogP contribution is 2.14. The second-order valence-corrected chi connectivity index (χ2v) is 5.90. The van der Waals surface area contributed by atoms with Gasteiger partial charge in [-0.25, -0.2) is 4.39 Å². The average molecular weight is 465 g/mol. The fraction of sp³-hybridized carbons (Fsp3) is 0.611. The number of hydrogen-bond acceptors (Lipinski definition) is 3. The fourth-order valence-electron chi connectivity index (χ4n) is 2.84. The van der Waals surface area contributed by atoms with E-state index in [1.54, 1.807) is 26.3 Å². The smallest absolute Gasteiger partial charge is 0.193 e. The maximum absolute atomic E-state index is 13.7. The Hall–Kier alpha value is -0.930. The van der Waals surface area contributed by atoms with Gasteiger partial charge in [0.25, 0.3) is 0 Å². The van der Waals surface area contributed by atoms with Crippen LogP contribution in [0.2, 0.25) is 0 Å². The Morgan fingerprint density at radius 3 is 2.64 bits per heavy atom. The van der Waals surface area contributed by atoms with Crippen LogP contribution in [-0.4, -0.2) is 57.4 Å². The molecule has 0 atom stereocenters. The number of aliphatic imine (C=N–C) groups is 1. The van der Waals surface area contributed by atoms with Crippen LogP contribution in [0.5, 0.6) is 0 Å². The Morgan fingerprint density at radius 1 is 1.28 bits per heavy atom. The molecule has 1 N–H and O–H groups in total. The molecule has 2 rings (SSSR count). The summed E-state index contributed by atoms with van der Waals surface area (Å²) in [6.45, 7) is 3.72. The second-order valence-electron chi connectivity index (χ2n) is 5.90. The van der Waals surface area contributed by atoms with Gasteiger partial charge in [-0.2, -0.15) is 0 Å². The van der Waals surface area contributed by atoms with Crippen LogP contribution in [0, 0.1) is 5.82 Å². The summed E-state index contributed by atoms with van der Waals surface area (Å²) in [5.74, 6) is 0.625. The van der Waals surface area contributed by atoms with Gasteiger partial charge in [0.15, 0.2) is 5.96 Å². The maximum Gasteiger partial charge on any atom is 0.193 e. The number of benzene rings is 1. The van der Waals surface area contributed by atoms with E-state index in [1.807, 2.05) is 6.07 Å². The molecule has 25 heavy (non-hydrogen) atoms. The highest BCUT2D eigenvalue weighted by Gasteiger charge is 2.21. The Kier molecular flexibility index (Phi) is 11.0. The lowest BCUT2D eigenvalue weighted by Gasteiger charge is -2.34. The fourth-order valence-corrected chi connectivity index (χ4v) is 2.84. The standard InChI is InChI=1S/C18H28FN3O2.HI/c1-20-18(21-14-15-6-3-4-7-17(15)19)22-10-8-16(9-11-22)24-13-5-12-23-2;/h3-4,6-7,16H,5,8-14H2,1-2H3,(H,20,21);1H. The van der Waals surface area contributed by atoms with Crippen molar-refractivity contribution in [3.8, 4) is 0 Å². The average Bonchev–Trinajstić information content (AvgIpc) is 2.62. The third-order valence-corrected chi connectivity index (χ3v) is 4.19. The topological polar surface area (TPSA) is 46.1 Å². The van der Waals surface area contributed by atoms with E-state index in [4.69, 9.17) is 9.47 Å². The molecule has 0 spiro atoms. The van der Waals surface area contributed by atoms with E-state index in [-0.39, 0.29) is 29.8 Å². The minimum atomic E-state index is -0.191. The van der Waals surface area contributed by atoms with Gasteiger partial charge in [0.2, 0.25) is 0 Å². The molecule has 1 saturated heterocycles. The normalized spacial score (nSPS) is 15.8. The molecule has 1 fully saturated rings. The number of halogens is 2. The number of piperidine rings is 1. The number of hydrogen-bond donors (Lipinski definition) is 1. The molecule has 0 aliphatic carbocycles. The van der Waals surface area contributed by atoms with Crippen LogP contribution in [0.25, 0.3) is 0 Å². The van der Waals surface area contributed by atoms with Crippen LogP contribution >= 0.6 is 24.0 Å². The maximum atomic E-state index is 13.7. The first-order valence-electron chi connectivity index (χ1n) is 8.54. The first kappa shape index (κ1) is 22.1. The molecule has 1 aliphatic heterocycles. The highest BCUT2D eigenvalue weighted by atomic mass is 127. The van der Waals surface area contributed by atoms with Crippen molar-refractivity contribution in [1.29, 1.82) is 0 Å². The van der Waals surface area contributed by atoms with Crippen molar-refractivity contribution in [3.05, 3.63) is 35.6 Å². The molecule has 1 aliphatic rings. The summed E-state index contributed by atoms with van der Waals surface area (Å²) in [5.41, 5.74) is 0.648. The SMILES string of the molecule is CN=C(NCc1ccccc1F)N1CCC(OCCCOC)CC1.I. The number of nitrogens with zero attached hydrogens (tertiary/aromatic N) is 2. The van der Waals surface area contributed by atoms with Gasteiger partial charge in [-0.05, 0) is 25.3 Å². The molecule has 0 saturated carbocycles. The van der Waals surface area contributed by atoms with Crippen LogP contribution in [0.4, 0.5) is 4.39 Å². The van der Waals surface area contributed by atoms with Gasteiger partial charge in [-0.3, -0.25) is 4.99 Å². The number of nitrogens with one attached hydrogen (secondary N) is 1. The summed E-state index contributed by atoms with van der Waals surface area (Å²) < 4.78 is 24.6. The lowest BCUT2D eigenvalue weighted by molar-refractivity contribution is 0.00989. The van der Waals surface area contributed by atoms with Gasteiger partial charge in [-0.1, -0.05) is 18.2 Å². The monoisotopic (exact) mass is 465 g/mol. The molecule has 142 valence electrons. The zero-order valence-electron chi connectivity index (χ0n) is 15.0. The van der Waals surface area contributed by atoms with Crippen LogP contribution in [0.3, 0.4) is 0 Å². The zero-order valence-corrected chi connectivity index (χ0v) is 17.4. The van der Waals surface area contributed by atoms with Crippen LogP contribution in [-0.2, 0) is 16.0 Å². The van der Waals surface area contributed by atoms with E-state index in [0.29, 0.717) is 18.2 Å². The van der Waals surface area contributed by atoms with Crippen molar-refractivity contribution in [2.75, 3.05) is 40.5 Å². The lowest BCUT2D eigenvalue weighted by atomic mass is 10.1. The number of likely N-dealkylation sites (tertiary alicyclic amines) is 1. The molecule has 5 nitrogen and oxygen atoms in total. The Balaban J connectivity index is 0.00000312. The lowest BCUT2D eigenvalue weighted by Crippen LogP contribution is -2.46. The molecule has 0 bridgehead atoms. The van der Waals surface area contributed by atoms with Crippen LogP contribution < -0.4 is 5.32 Å². The Labute approximate surface area is 167 Å². The predicted octanol–water partition coefficient (Wildman–Crippen LogP) is 3.04. The summed E-state index contributed by atoms with van der Waals surface area (Å²) in [4.78, 5) is 6.52. The van der Waals surface area contributed by atoms with Crippen molar-refractivity contribution >= 4 is 29.9 Å². The minimum absolute atomic E-state index is 0. The molecule has 0 unspecified atom stereocenters. The van der Waals surface area contributed by atoms with Crippen molar-refractivity contribution in [2.24, 2.45) is 4.99 Å². The van der Waals surface area contributed by atoms with Gasteiger partial charge >= 0.3 is 0 Å². The number of rotatable bonds is 7. The largest absolute Gasteiger partial charge is 0.385 e. The Bertz CT molecular complexity index is 523. The molecule has 1 aromatic carbocycles. The number of methoxy groups -OCH3 is 1. The van der Waals surface area contributed by atoms with E-state index < -0.39 is 0 Å². The number of ether oxygens (including phenoxy) is 2. The highest BCUT2D eigenvalue weighted by molar-refractivity contribution is 14.0. The molecule has 0 amide bonds. The Morgan fingerprint density at radius 2 is 2.00 bits per heavy atom. The molecular formula is C18H29FIN3O2. The van der Waals surface area contributed by atoms with Gasteiger partial charge < -0.3 is 19.7 Å². The molecule has 0 aromatic heterocycles. The molecule has 1 aromatic rings. The van der Waals surface area contributed by atoms with Crippen molar-refractivity contribution in [3.63, 3.8) is 0 Å². The van der Waals surface area contributed by atoms with Crippen molar-refractivity contribution in [1.82, 2.24) is 10.2 Å². The molecule has 7 heteroatoms. The van der Waals surface area contributed by atoms with E-state index in [9.17, 15) is 4.39 Å². The van der Waals surface area contributed by atoms with Crippen molar-refractivity contribution < 1.29 is 13.9 Å². The summed E-state index contributed by atoms with van der Waals surface area (Å²) in [7, 11) is 3.47. The van der Waals surface area contributed by atoms with Gasteiger partial charge in [-0.15, -0.1) is 24.0 Å². The summed E-state index contributed by atoms with van der Waals surface area (Å²) >= 11 is 0. The van der Waals surface area contributed by atoms with Gasteiger partial charge in [0.1, 0.15) is 5.82 Å². The van der Waals surface area contributed by atoms with Crippen LogP contribution in [0.15, 0.2) is 29.3 Å². The third kappa shape index (κ3) is 7.45. The van der Waals surface area contributed by atoms with Crippen molar-refractivity contribution in [2.45, 2.75) is 31.9 Å². The van der Waals surface area contributed by atoms with E-state index in [2.05, 4.69) is 15.2 Å². The molecule has 0 radical (unpaired) electrons. The van der Waals surface area contributed by atoms with E-state index >= 15 is 0 Å². The minimum Gasteiger partial charge on any atom is -0.385 e. The summed E-state index contributed by atoms with van der Waals surface area (Å²) in [6.07, 6.45) is 3.20. The summed E-state index contributed by atoms with van der Waals surface area (Å²) in [5, 5.41) is 3.25. The zero-order chi connectivity index (χ0) is 17.2. The summed E-state index contributed by atoms with van der Waals surface area (Å²) in [6, 6.07) is 6.81. The van der Waals surface area contributed by atoms with Gasteiger partial charge in [0, 0.05) is 52.6 Å². The first-order valence-corrected chi connectivity index (χ1v) is 8.54. The van der Waals surface area contributed by atoms with E-state index in [1.165, 1.54) is 6.07 Å². The molecular weight excluding hydrogens is 436 g/mol. The third-order valence-electron chi connectivity index (χ3n) is 4.19. The predicted molar refractivity (Wildman–Crippen MR) is 109 cm³/mol. The van der Waals surface area contributed by atoms with E-state index in [0.717, 1.165) is 51.5 Å².